The first-order valence-electron chi connectivity index (χ1n) is 6.08. The summed E-state index contributed by atoms with van der Waals surface area (Å²) in [4.78, 5) is 17.7. The fourth-order valence-electron chi connectivity index (χ4n) is 1.62. The molecule has 0 aliphatic carbocycles. The standard InChI is InChI=1S/C14H15FN2O2S/c1-10-16-12(9-20-10)7-17(2)14(18)8-19-13-5-3-4-11(15)6-13/h3-6,9H,7-8H2,1-2H3. The van der Waals surface area contributed by atoms with Gasteiger partial charge in [0.25, 0.3) is 5.91 Å². The number of aromatic nitrogens is 1. The largest absolute Gasteiger partial charge is 0.484 e. The lowest BCUT2D eigenvalue weighted by Gasteiger charge is -2.16. The lowest BCUT2D eigenvalue weighted by Crippen LogP contribution is -2.31. The third-order valence-electron chi connectivity index (χ3n) is 2.65. The first kappa shape index (κ1) is 14.5. The van der Waals surface area contributed by atoms with E-state index in [0.717, 1.165) is 10.7 Å². The maximum absolute atomic E-state index is 13.0. The van der Waals surface area contributed by atoms with E-state index in [9.17, 15) is 9.18 Å². The summed E-state index contributed by atoms with van der Waals surface area (Å²) in [6, 6.07) is 5.72. The third kappa shape index (κ3) is 4.03. The van der Waals surface area contributed by atoms with E-state index in [0.29, 0.717) is 12.3 Å². The molecule has 6 heteroatoms. The van der Waals surface area contributed by atoms with Gasteiger partial charge in [0, 0.05) is 18.5 Å². The SMILES string of the molecule is Cc1nc(CN(C)C(=O)COc2cccc(F)c2)cs1. The van der Waals surface area contributed by atoms with Gasteiger partial charge in [0.1, 0.15) is 11.6 Å². The van der Waals surface area contributed by atoms with Crippen LogP contribution in [0.5, 0.6) is 5.75 Å². The number of thiazole rings is 1. The number of hydrogen-bond donors (Lipinski definition) is 0. The minimum atomic E-state index is -0.388. The Morgan fingerprint density at radius 1 is 1.50 bits per heavy atom. The molecule has 0 unspecified atom stereocenters. The Labute approximate surface area is 120 Å². The van der Waals surface area contributed by atoms with Gasteiger partial charge in [-0.2, -0.15) is 0 Å². The van der Waals surface area contributed by atoms with Crippen molar-refractivity contribution in [1.82, 2.24) is 9.88 Å². The van der Waals surface area contributed by atoms with E-state index in [2.05, 4.69) is 4.98 Å². The van der Waals surface area contributed by atoms with Gasteiger partial charge in [-0.15, -0.1) is 11.3 Å². The smallest absolute Gasteiger partial charge is 0.260 e. The van der Waals surface area contributed by atoms with Crippen molar-refractivity contribution in [3.8, 4) is 5.75 Å². The highest BCUT2D eigenvalue weighted by atomic mass is 32.1. The minimum Gasteiger partial charge on any atom is -0.484 e. The summed E-state index contributed by atoms with van der Waals surface area (Å²) >= 11 is 1.55. The van der Waals surface area contributed by atoms with Crippen molar-refractivity contribution >= 4 is 17.2 Å². The fraction of sp³-hybridized carbons (Fsp3) is 0.286. The van der Waals surface area contributed by atoms with E-state index in [-0.39, 0.29) is 18.3 Å². The van der Waals surface area contributed by atoms with Crippen molar-refractivity contribution in [3.05, 3.63) is 46.2 Å². The molecule has 1 aromatic carbocycles. The van der Waals surface area contributed by atoms with Crippen LogP contribution in [0.2, 0.25) is 0 Å². The van der Waals surface area contributed by atoms with Crippen LogP contribution < -0.4 is 4.74 Å². The maximum Gasteiger partial charge on any atom is 0.260 e. The van der Waals surface area contributed by atoms with Gasteiger partial charge in [-0.1, -0.05) is 6.07 Å². The molecule has 1 aromatic heterocycles. The van der Waals surface area contributed by atoms with E-state index in [1.54, 1.807) is 24.5 Å². The summed E-state index contributed by atoms with van der Waals surface area (Å²) in [5.74, 6) is -0.225. The number of ether oxygens (including phenoxy) is 1. The van der Waals surface area contributed by atoms with Gasteiger partial charge >= 0.3 is 0 Å². The average Bonchev–Trinajstić information content (AvgIpc) is 2.81. The van der Waals surface area contributed by atoms with E-state index < -0.39 is 0 Å². The van der Waals surface area contributed by atoms with Gasteiger partial charge in [-0.05, 0) is 19.1 Å². The van der Waals surface area contributed by atoms with Gasteiger partial charge in [0.15, 0.2) is 6.61 Å². The Kier molecular flexibility index (Phi) is 4.68. The molecule has 0 radical (unpaired) electrons. The topological polar surface area (TPSA) is 42.4 Å². The van der Waals surface area contributed by atoms with Gasteiger partial charge in [0.05, 0.1) is 17.2 Å². The van der Waals surface area contributed by atoms with Crippen LogP contribution in [0.4, 0.5) is 4.39 Å². The Morgan fingerprint density at radius 2 is 2.30 bits per heavy atom. The van der Waals surface area contributed by atoms with E-state index in [1.165, 1.54) is 23.1 Å². The van der Waals surface area contributed by atoms with Gasteiger partial charge < -0.3 is 9.64 Å². The Balaban J connectivity index is 1.85. The molecule has 106 valence electrons. The zero-order valence-corrected chi connectivity index (χ0v) is 12.1. The van der Waals surface area contributed by atoms with Crippen LogP contribution >= 0.6 is 11.3 Å². The van der Waals surface area contributed by atoms with E-state index in [4.69, 9.17) is 4.74 Å². The molecule has 0 atom stereocenters. The average molecular weight is 294 g/mol. The van der Waals surface area contributed by atoms with Crippen LogP contribution in [-0.2, 0) is 11.3 Å². The third-order valence-corrected chi connectivity index (χ3v) is 3.47. The molecule has 20 heavy (non-hydrogen) atoms. The molecular formula is C14H15FN2O2S. The molecule has 0 spiro atoms. The van der Waals surface area contributed by atoms with Gasteiger partial charge in [-0.3, -0.25) is 4.79 Å². The lowest BCUT2D eigenvalue weighted by atomic mass is 10.3. The molecule has 0 aliphatic heterocycles. The number of carbonyl (C=O) groups excluding carboxylic acids is 1. The van der Waals surface area contributed by atoms with Crippen LogP contribution in [0.15, 0.2) is 29.6 Å². The van der Waals surface area contributed by atoms with Crippen LogP contribution in [0.25, 0.3) is 0 Å². The molecule has 1 heterocycles. The second-order valence-electron chi connectivity index (χ2n) is 4.35. The first-order valence-corrected chi connectivity index (χ1v) is 6.96. The second kappa shape index (κ2) is 6.47. The molecule has 0 saturated carbocycles. The summed E-state index contributed by atoms with van der Waals surface area (Å²) in [6.45, 7) is 2.24. The monoisotopic (exact) mass is 294 g/mol. The summed E-state index contributed by atoms with van der Waals surface area (Å²) in [5.41, 5.74) is 0.856. The molecule has 4 nitrogen and oxygen atoms in total. The van der Waals surface area contributed by atoms with Crippen LogP contribution in [0.1, 0.15) is 10.7 Å². The molecule has 0 fully saturated rings. The summed E-state index contributed by atoms with van der Waals surface area (Å²) in [7, 11) is 1.69. The zero-order chi connectivity index (χ0) is 14.5. The first-order chi connectivity index (χ1) is 9.54. The number of hydrogen-bond acceptors (Lipinski definition) is 4. The van der Waals surface area contributed by atoms with Crippen molar-refractivity contribution < 1.29 is 13.9 Å². The second-order valence-corrected chi connectivity index (χ2v) is 5.42. The number of carbonyl (C=O) groups is 1. The van der Waals surface area contributed by atoms with Crippen molar-refractivity contribution in [2.75, 3.05) is 13.7 Å². The molecule has 1 amide bonds. The number of amides is 1. The van der Waals surface area contributed by atoms with Crippen LogP contribution in [0, 0.1) is 12.7 Å². The van der Waals surface area contributed by atoms with Gasteiger partial charge in [-0.25, -0.2) is 9.37 Å². The zero-order valence-electron chi connectivity index (χ0n) is 11.3. The number of nitrogens with zero attached hydrogens (tertiary/aromatic N) is 2. The molecule has 0 N–H and O–H groups in total. The summed E-state index contributed by atoms with van der Waals surface area (Å²) in [6.07, 6.45) is 0. The van der Waals surface area contributed by atoms with E-state index in [1.807, 2.05) is 12.3 Å². The predicted molar refractivity (Wildman–Crippen MR) is 75.2 cm³/mol. The fourth-order valence-corrected chi connectivity index (χ4v) is 2.23. The van der Waals surface area contributed by atoms with Crippen molar-refractivity contribution in [3.63, 3.8) is 0 Å². The number of likely N-dealkylation sites (N-methyl/N-ethyl adjacent to an activating group) is 1. The highest BCUT2D eigenvalue weighted by Crippen LogP contribution is 2.13. The highest BCUT2D eigenvalue weighted by molar-refractivity contribution is 7.09. The molecule has 0 bridgehead atoms. The van der Waals surface area contributed by atoms with Crippen LogP contribution in [0.3, 0.4) is 0 Å². The lowest BCUT2D eigenvalue weighted by molar-refractivity contribution is -0.132. The number of halogens is 1. The predicted octanol–water partition coefficient (Wildman–Crippen LogP) is 2.63. The quantitative estimate of drug-likeness (QED) is 0.851. The summed E-state index contributed by atoms with van der Waals surface area (Å²) < 4.78 is 18.2. The van der Waals surface area contributed by atoms with Crippen LogP contribution in [-0.4, -0.2) is 29.4 Å². The number of benzene rings is 1. The van der Waals surface area contributed by atoms with E-state index >= 15 is 0 Å². The summed E-state index contributed by atoms with van der Waals surface area (Å²) in [5, 5.41) is 2.89. The Morgan fingerprint density at radius 3 is 2.95 bits per heavy atom. The number of aryl methyl sites for hydroxylation is 1. The Hall–Kier alpha value is -1.95. The maximum atomic E-state index is 13.0. The molecule has 2 aromatic rings. The highest BCUT2D eigenvalue weighted by Gasteiger charge is 2.11. The normalized spacial score (nSPS) is 10.3. The van der Waals surface area contributed by atoms with Crippen molar-refractivity contribution in [1.29, 1.82) is 0 Å². The minimum absolute atomic E-state index is 0.122. The Bertz CT molecular complexity index is 600. The molecule has 0 saturated heterocycles. The molecule has 2 rings (SSSR count). The number of rotatable bonds is 5. The van der Waals surface area contributed by atoms with Crippen molar-refractivity contribution in [2.24, 2.45) is 0 Å². The molecular weight excluding hydrogens is 279 g/mol. The van der Waals surface area contributed by atoms with Crippen molar-refractivity contribution in [2.45, 2.75) is 13.5 Å². The van der Waals surface area contributed by atoms with Gasteiger partial charge in [0.2, 0.25) is 0 Å². The molecule has 0 aliphatic rings.